The number of piperidine rings is 1. The number of rotatable bonds is 4. The molecule has 2 atom stereocenters. The van der Waals surface area contributed by atoms with Crippen LogP contribution in [-0.4, -0.2) is 65.2 Å². The molecule has 3 rings (SSSR count). The number of hydrogen-bond acceptors (Lipinski definition) is 6. The molecule has 0 N–H and O–H groups in total. The number of nitrogens with zero attached hydrogens (tertiary/aromatic N) is 4. The molecule has 2 saturated heterocycles. The van der Waals surface area contributed by atoms with Gasteiger partial charge in [-0.2, -0.15) is 4.98 Å². The average molecular weight is 336 g/mol. The molecule has 7 heteroatoms. The molecule has 2 aliphatic rings. The van der Waals surface area contributed by atoms with Crippen LogP contribution in [0.4, 0.5) is 0 Å². The van der Waals surface area contributed by atoms with Gasteiger partial charge < -0.3 is 14.2 Å². The van der Waals surface area contributed by atoms with E-state index in [0.717, 1.165) is 31.8 Å². The molecule has 134 valence electrons. The third kappa shape index (κ3) is 3.78. The number of hydrogen-bond donors (Lipinski definition) is 0. The van der Waals surface area contributed by atoms with E-state index in [1.807, 2.05) is 4.90 Å². The lowest BCUT2D eigenvalue weighted by molar-refractivity contribution is -0.141. The quantitative estimate of drug-likeness (QED) is 0.835. The fourth-order valence-corrected chi connectivity index (χ4v) is 3.41. The SMILES string of the molecule is CC(C)c1noc([C@H](C)N2CCC[C@@H](C(=O)N3CCOCC3)C2)n1. The van der Waals surface area contributed by atoms with Crippen molar-refractivity contribution in [1.82, 2.24) is 19.9 Å². The van der Waals surface area contributed by atoms with Gasteiger partial charge in [-0.1, -0.05) is 19.0 Å². The van der Waals surface area contributed by atoms with Gasteiger partial charge in [0.25, 0.3) is 0 Å². The first-order valence-electron chi connectivity index (χ1n) is 9.00. The normalized spacial score (nSPS) is 24.3. The van der Waals surface area contributed by atoms with E-state index < -0.39 is 0 Å². The minimum absolute atomic E-state index is 0.0466. The molecule has 24 heavy (non-hydrogen) atoms. The first-order valence-corrected chi connectivity index (χ1v) is 9.00. The molecule has 2 aliphatic heterocycles. The van der Waals surface area contributed by atoms with Crippen LogP contribution in [0.1, 0.15) is 57.3 Å². The minimum atomic E-state index is 0.0466. The molecule has 0 aliphatic carbocycles. The monoisotopic (exact) mass is 336 g/mol. The Morgan fingerprint density at radius 3 is 2.62 bits per heavy atom. The van der Waals surface area contributed by atoms with Crippen LogP contribution in [0.15, 0.2) is 4.52 Å². The van der Waals surface area contributed by atoms with Gasteiger partial charge in [0.2, 0.25) is 11.8 Å². The Hall–Kier alpha value is -1.47. The summed E-state index contributed by atoms with van der Waals surface area (Å²) in [5, 5.41) is 4.06. The van der Waals surface area contributed by atoms with E-state index in [4.69, 9.17) is 9.26 Å². The second kappa shape index (κ2) is 7.61. The second-order valence-electron chi connectivity index (χ2n) is 7.09. The van der Waals surface area contributed by atoms with E-state index in [9.17, 15) is 4.79 Å². The summed E-state index contributed by atoms with van der Waals surface area (Å²) in [6.45, 7) is 10.6. The van der Waals surface area contributed by atoms with Crippen LogP contribution in [0.3, 0.4) is 0 Å². The van der Waals surface area contributed by atoms with Crippen molar-refractivity contribution in [2.24, 2.45) is 5.92 Å². The van der Waals surface area contributed by atoms with Crippen molar-refractivity contribution in [2.75, 3.05) is 39.4 Å². The van der Waals surface area contributed by atoms with Crippen molar-refractivity contribution in [1.29, 1.82) is 0 Å². The highest BCUT2D eigenvalue weighted by Crippen LogP contribution is 2.27. The van der Waals surface area contributed by atoms with Crippen molar-refractivity contribution in [3.05, 3.63) is 11.7 Å². The summed E-state index contributed by atoms with van der Waals surface area (Å²) in [6, 6.07) is 0.0466. The van der Waals surface area contributed by atoms with E-state index >= 15 is 0 Å². The van der Waals surface area contributed by atoms with Crippen LogP contribution < -0.4 is 0 Å². The summed E-state index contributed by atoms with van der Waals surface area (Å²) < 4.78 is 10.8. The number of carbonyl (C=O) groups is 1. The molecule has 0 aromatic carbocycles. The van der Waals surface area contributed by atoms with Crippen molar-refractivity contribution in [3.63, 3.8) is 0 Å². The number of morpholine rings is 1. The molecule has 1 aromatic heterocycles. The standard InChI is InChI=1S/C17H28N4O3/c1-12(2)15-18-16(24-19-15)13(3)21-6-4-5-14(11-21)17(22)20-7-9-23-10-8-20/h12-14H,4-11H2,1-3H3/t13-,14+/m0/s1. The van der Waals surface area contributed by atoms with Crippen molar-refractivity contribution < 1.29 is 14.1 Å². The molecule has 0 spiro atoms. The molecular weight excluding hydrogens is 308 g/mol. The van der Waals surface area contributed by atoms with Gasteiger partial charge in [0, 0.05) is 25.6 Å². The maximum absolute atomic E-state index is 12.7. The van der Waals surface area contributed by atoms with Gasteiger partial charge in [-0.25, -0.2) is 0 Å². The van der Waals surface area contributed by atoms with Gasteiger partial charge in [0.1, 0.15) is 0 Å². The average Bonchev–Trinajstić information content (AvgIpc) is 3.12. The lowest BCUT2D eigenvalue weighted by atomic mass is 9.95. The smallest absolute Gasteiger partial charge is 0.243 e. The number of aromatic nitrogens is 2. The van der Waals surface area contributed by atoms with Gasteiger partial charge in [-0.3, -0.25) is 9.69 Å². The first kappa shape index (κ1) is 17.4. The Kier molecular flexibility index (Phi) is 5.50. The topological polar surface area (TPSA) is 71.7 Å². The van der Waals surface area contributed by atoms with Crippen LogP contribution in [0.2, 0.25) is 0 Å². The van der Waals surface area contributed by atoms with Crippen LogP contribution in [0.25, 0.3) is 0 Å². The predicted octanol–water partition coefficient (Wildman–Crippen LogP) is 1.82. The van der Waals surface area contributed by atoms with E-state index in [-0.39, 0.29) is 23.8 Å². The Morgan fingerprint density at radius 1 is 1.21 bits per heavy atom. The van der Waals surface area contributed by atoms with E-state index in [1.54, 1.807) is 0 Å². The molecule has 0 unspecified atom stereocenters. The lowest BCUT2D eigenvalue weighted by Crippen LogP contribution is -2.48. The van der Waals surface area contributed by atoms with Crippen LogP contribution in [0.5, 0.6) is 0 Å². The van der Waals surface area contributed by atoms with Crippen molar-refractivity contribution in [3.8, 4) is 0 Å². The zero-order chi connectivity index (χ0) is 17.1. The molecule has 3 heterocycles. The highest BCUT2D eigenvalue weighted by atomic mass is 16.5. The predicted molar refractivity (Wildman–Crippen MR) is 88.5 cm³/mol. The minimum Gasteiger partial charge on any atom is -0.378 e. The number of carbonyl (C=O) groups excluding carboxylic acids is 1. The van der Waals surface area contributed by atoms with Crippen LogP contribution in [-0.2, 0) is 9.53 Å². The van der Waals surface area contributed by atoms with Gasteiger partial charge in [-0.05, 0) is 26.3 Å². The van der Waals surface area contributed by atoms with E-state index in [1.165, 1.54) is 0 Å². The maximum atomic E-state index is 12.7. The summed E-state index contributed by atoms with van der Waals surface area (Å²) in [5.41, 5.74) is 0. The first-order chi connectivity index (χ1) is 11.6. The molecule has 0 bridgehead atoms. The Morgan fingerprint density at radius 2 is 1.96 bits per heavy atom. The molecule has 1 amide bonds. The van der Waals surface area contributed by atoms with E-state index in [2.05, 4.69) is 35.8 Å². The van der Waals surface area contributed by atoms with E-state index in [0.29, 0.717) is 32.2 Å². The zero-order valence-electron chi connectivity index (χ0n) is 14.9. The largest absolute Gasteiger partial charge is 0.378 e. The van der Waals surface area contributed by atoms with Gasteiger partial charge in [-0.15, -0.1) is 0 Å². The maximum Gasteiger partial charge on any atom is 0.243 e. The third-order valence-electron chi connectivity index (χ3n) is 5.00. The lowest BCUT2D eigenvalue weighted by Gasteiger charge is -2.37. The second-order valence-corrected chi connectivity index (χ2v) is 7.09. The third-order valence-corrected chi connectivity index (χ3v) is 5.00. The number of likely N-dealkylation sites (tertiary alicyclic amines) is 1. The Labute approximate surface area is 143 Å². The summed E-state index contributed by atoms with van der Waals surface area (Å²) in [5.74, 6) is 1.98. The number of amides is 1. The molecule has 7 nitrogen and oxygen atoms in total. The molecule has 0 saturated carbocycles. The molecule has 1 aromatic rings. The van der Waals surface area contributed by atoms with Gasteiger partial charge in [0.15, 0.2) is 5.82 Å². The molecular formula is C17H28N4O3. The summed E-state index contributed by atoms with van der Waals surface area (Å²) in [7, 11) is 0. The van der Waals surface area contributed by atoms with Gasteiger partial charge in [0.05, 0.1) is 25.2 Å². The van der Waals surface area contributed by atoms with Crippen LogP contribution in [0, 0.1) is 5.92 Å². The zero-order valence-corrected chi connectivity index (χ0v) is 14.9. The molecule has 0 radical (unpaired) electrons. The fraction of sp³-hybridized carbons (Fsp3) is 0.824. The molecule has 2 fully saturated rings. The highest BCUT2D eigenvalue weighted by molar-refractivity contribution is 5.79. The summed E-state index contributed by atoms with van der Waals surface area (Å²) >= 11 is 0. The van der Waals surface area contributed by atoms with Crippen molar-refractivity contribution in [2.45, 2.75) is 45.6 Å². The summed E-state index contributed by atoms with van der Waals surface area (Å²) in [6.07, 6.45) is 1.98. The number of ether oxygens (including phenoxy) is 1. The van der Waals surface area contributed by atoms with Crippen molar-refractivity contribution >= 4 is 5.91 Å². The van der Waals surface area contributed by atoms with Crippen LogP contribution >= 0.6 is 0 Å². The highest BCUT2D eigenvalue weighted by Gasteiger charge is 2.33. The van der Waals surface area contributed by atoms with Gasteiger partial charge >= 0.3 is 0 Å². The Balaban J connectivity index is 1.62. The fourth-order valence-electron chi connectivity index (χ4n) is 3.41. The summed E-state index contributed by atoms with van der Waals surface area (Å²) in [4.78, 5) is 21.5. The Bertz CT molecular complexity index is 554.